The van der Waals surface area contributed by atoms with Crippen LogP contribution in [0.4, 0.5) is 18.9 Å². The summed E-state index contributed by atoms with van der Waals surface area (Å²) in [7, 11) is -2.78. The van der Waals surface area contributed by atoms with Gasteiger partial charge in [-0.15, -0.1) is 0 Å². The number of amides is 1. The molecule has 3 rings (SSSR count). The van der Waals surface area contributed by atoms with Crippen LogP contribution >= 0.6 is 11.6 Å². The van der Waals surface area contributed by atoms with Crippen LogP contribution in [0.1, 0.15) is 16.7 Å². The summed E-state index contributed by atoms with van der Waals surface area (Å²) in [5, 5.41) is 2.62. The fourth-order valence-corrected chi connectivity index (χ4v) is 4.87. The number of carbonyl (C=O) groups is 1. The second-order valence-electron chi connectivity index (χ2n) is 7.62. The van der Waals surface area contributed by atoms with Crippen molar-refractivity contribution in [2.75, 3.05) is 18.0 Å². The number of anilines is 1. The Morgan fingerprint density at radius 2 is 1.74 bits per heavy atom. The lowest BCUT2D eigenvalue weighted by atomic mass is 10.1. The molecule has 0 unspecified atom stereocenters. The Bertz CT molecular complexity index is 1310. The van der Waals surface area contributed by atoms with Crippen LogP contribution in [0, 0.1) is 6.92 Å². The number of sulfonamides is 1. The van der Waals surface area contributed by atoms with E-state index in [2.05, 4.69) is 5.32 Å². The molecule has 0 saturated carbocycles. The summed E-state index contributed by atoms with van der Waals surface area (Å²) < 4.78 is 71.7. The van der Waals surface area contributed by atoms with Gasteiger partial charge in [0.1, 0.15) is 12.3 Å². The first-order valence-electron chi connectivity index (χ1n) is 10.3. The van der Waals surface area contributed by atoms with Crippen LogP contribution in [0.5, 0.6) is 5.75 Å². The number of hydrogen-bond donors (Lipinski definition) is 1. The van der Waals surface area contributed by atoms with Crippen molar-refractivity contribution >= 4 is 33.2 Å². The number of ether oxygens (including phenoxy) is 1. The third kappa shape index (κ3) is 6.46. The molecule has 0 fully saturated rings. The Labute approximate surface area is 206 Å². The molecule has 11 heteroatoms. The van der Waals surface area contributed by atoms with Gasteiger partial charge < -0.3 is 10.1 Å². The first kappa shape index (κ1) is 26.4. The van der Waals surface area contributed by atoms with Crippen LogP contribution in [-0.4, -0.2) is 28.0 Å². The SMILES string of the molecule is COc1ccc(N(CC(=O)NCc2cccc(C(F)(F)F)c2)S(=O)(=O)c2ccc(C)cc2)cc1Cl. The number of nitrogens with one attached hydrogen (secondary N) is 1. The molecule has 1 amide bonds. The summed E-state index contributed by atoms with van der Waals surface area (Å²) in [5.74, 6) is -0.401. The molecule has 1 N–H and O–H groups in total. The minimum absolute atomic E-state index is 0.0410. The van der Waals surface area contributed by atoms with Gasteiger partial charge in [0.15, 0.2) is 0 Å². The summed E-state index contributed by atoms with van der Waals surface area (Å²) in [4.78, 5) is 12.7. The molecule has 0 aliphatic rings. The molecular weight excluding hydrogens is 505 g/mol. The van der Waals surface area contributed by atoms with E-state index in [1.165, 1.54) is 49.6 Å². The second-order valence-corrected chi connectivity index (χ2v) is 9.89. The van der Waals surface area contributed by atoms with Crippen molar-refractivity contribution in [2.24, 2.45) is 0 Å². The molecule has 0 saturated heterocycles. The van der Waals surface area contributed by atoms with Gasteiger partial charge in [0.25, 0.3) is 10.0 Å². The molecule has 6 nitrogen and oxygen atoms in total. The highest BCUT2D eigenvalue weighted by molar-refractivity contribution is 7.92. The summed E-state index contributed by atoms with van der Waals surface area (Å²) >= 11 is 6.18. The highest BCUT2D eigenvalue weighted by atomic mass is 35.5. The van der Waals surface area contributed by atoms with Crippen LogP contribution in [0.3, 0.4) is 0 Å². The normalized spacial score (nSPS) is 11.7. The average Bonchev–Trinajstić information content (AvgIpc) is 2.81. The number of methoxy groups -OCH3 is 1. The minimum Gasteiger partial charge on any atom is -0.495 e. The summed E-state index contributed by atoms with van der Waals surface area (Å²) in [5.41, 5.74) is 0.335. The number of aryl methyl sites for hydroxylation is 1. The van der Waals surface area contributed by atoms with Gasteiger partial charge in [-0.25, -0.2) is 8.42 Å². The summed E-state index contributed by atoms with van der Waals surface area (Å²) in [6.45, 7) is 0.959. The molecule has 0 aliphatic carbocycles. The number of carbonyl (C=O) groups excluding carboxylic acids is 1. The molecule has 0 atom stereocenters. The van der Waals surface area contributed by atoms with Crippen molar-refractivity contribution in [1.29, 1.82) is 0 Å². The molecule has 0 aromatic heterocycles. The fourth-order valence-electron chi connectivity index (χ4n) is 3.21. The van der Waals surface area contributed by atoms with Gasteiger partial charge in [-0.3, -0.25) is 9.10 Å². The van der Waals surface area contributed by atoms with Gasteiger partial charge in [0, 0.05) is 6.54 Å². The average molecular weight is 527 g/mol. The maximum Gasteiger partial charge on any atom is 0.416 e. The third-order valence-electron chi connectivity index (χ3n) is 5.06. The molecule has 0 heterocycles. The van der Waals surface area contributed by atoms with Crippen LogP contribution in [-0.2, 0) is 27.5 Å². The zero-order chi connectivity index (χ0) is 25.8. The first-order valence-corrected chi connectivity index (χ1v) is 12.1. The number of benzene rings is 3. The quantitative estimate of drug-likeness (QED) is 0.438. The maximum absolute atomic E-state index is 13.4. The highest BCUT2D eigenvalue weighted by Gasteiger charge is 2.31. The molecule has 0 radical (unpaired) electrons. The zero-order valence-electron chi connectivity index (χ0n) is 18.8. The maximum atomic E-state index is 13.4. The van der Waals surface area contributed by atoms with Gasteiger partial charge in [0.05, 0.1) is 28.3 Å². The zero-order valence-corrected chi connectivity index (χ0v) is 20.3. The van der Waals surface area contributed by atoms with Gasteiger partial charge in [0.2, 0.25) is 5.91 Å². The number of rotatable bonds is 8. The van der Waals surface area contributed by atoms with Crippen LogP contribution in [0.25, 0.3) is 0 Å². The second kappa shape index (κ2) is 10.6. The van der Waals surface area contributed by atoms with E-state index in [1.54, 1.807) is 19.1 Å². The Morgan fingerprint density at radius 3 is 2.34 bits per heavy atom. The molecule has 186 valence electrons. The molecule has 35 heavy (non-hydrogen) atoms. The number of halogens is 4. The predicted molar refractivity (Wildman–Crippen MR) is 127 cm³/mol. The standard InChI is InChI=1S/C24H22ClF3N2O4S/c1-16-6-9-20(10-7-16)35(32,33)30(19-8-11-22(34-2)21(25)13-19)15-23(31)29-14-17-4-3-5-18(12-17)24(26,27)28/h3-13H,14-15H2,1-2H3,(H,29,31). The van der Waals surface area contributed by atoms with E-state index in [-0.39, 0.29) is 27.7 Å². The van der Waals surface area contributed by atoms with Crippen molar-refractivity contribution in [3.8, 4) is 5.75 Å². The van der Waals surface area contributed by atoms with E-state index in [1.807, 2.05) is 0 Å². The monoisotopic (exact) mass is 526 g/mol. The molecule has 0 spiro atoms. The largest absolute Gasteiger partial charge is 0.495 e. The lowest BCUT2D eigenvalue weighted by Crippen LogP contribution is -2.40. The molecule has 3 aromatic rings. The van der Waals surface area contributed by atoms with E-state index < -0.39 is 34.2 Å². The van der Waals surface area contributed by atoms with Crippen molar-refractivity contribution in [1.82, 2.24) is 5.32 Å². The van der Waals surface area contributed by atoms with Gasteiger partial charge in [-0.05, 0) is 55.0 Å². The Morgan fingerprint density at radius 1 is 1.06 bits per heavy atom. The fraction of sp³-hybridized carbons (Fsp3) is 0.208. The van der Waals surface area contributed by atoms with Crippen LogP contribution < -0.4 is 14.4 Å². The third-order valence-corrected chi connectivity index (χ3v) is 7.15. The molecule has 0 bridgehead atoms. The highest BCUT2D eigenvalue weighted by Crippen LogP contribution is 2.32. The van der Waals surface area contributed by atoms with E-state index >= 15 is 0 Å². The van der Waals surface area contributed by atoms with Crippen molar-refractivity contribution in [2.45, 2.75) is 24.5 Å². The van der Waals surface area contributed by atoms with Crippen LogP contribution in [0.15, 0.2) is 71.6 Å². The molecule has 0 aliphatic heterocycles. The van der Waals surface area contributed by atoms with Gasteiger partial charge >= 0.3 is 6.18 Å². The first-order chi connectivity index (χ1) is 16.4. The Kier molecular flexibility index (Phi) is 7.97. The Hall–Kier alpha value is -3.24. The van der Waals surface area contributed by atoms with E-state index in [0.717, 1.165) is 22.0 Å². The van der Waals surface area contributed by atoms with E-state index in [4.69, 9.17) is 16.3 Å². The van der Waals surface area contributed by atoms with Gasteiger partial charge in [-0.1, -0.05) is 41.4 Å². The van der Waals surface area contributed by atoms with Crippen molar-refractivity contribution in [3.05, 3.63) is 88.4 Å². The molecule has 3 aromatic carbocycles. The minimum atomic E-state index is -4.52. The lowest BCUT2D eigenvalue weighted by Gasteiger charge is -2.24. The van der Waals surface area contributed by atoms with E-state index in [9.17, 15) is 26.4 Å². The van der Waals surface area contributed by atoms with Crippen LogP contribution in [0.2, 0.25) is 5.02 Å². The van der Waals surface area contributed by atoms with E-state index in [0.29, 0.717) is 5.75 Å². The lowest BCUT2D eigenvalue weighted by molar-refractivity contribution is -0.137. The van der Waals surface area contributed by atoms with Crippen molar-refractivity contribution < 1.29 is 31.1 Å². The Balaban J connectivity index is 1.87. The number of alkyl halides is 3. The number of hydrogen-bond acceptors (Lipinski definition) is 4. The predicted octanol–water partition coefficient (Wildman–Crippen LogP) is 5.19. The smallest absolute Gasteiger partial charge is 0.416 e. The topological polar surface area (TPSA) is 75.7 Å². The number of nitrogens with zero attached hydrogens (tertiary/aromatic N) is 1. The summed E-state index contributed by atoms with van der Waals surface area (Å²) in [6, 6.07) is 14.9. The molecular formula is C24H22ClF3N2O4S. The summed E-state index contributed by atoms with van der Waals surface area (Å²) in [6.07, 6.45) is -4.52. The van der Waals surface area contributed by atoms with Gasteiger partial charge in [-0.2, -0.15) is 13.2 Å². The van der Waals surface area contributed by atoms with Crippen molar-refractivity contribution in [3.63, 3.8) is 0 Å².